The summed E-state index contributed by atoms with van der Waals surface area (Å²) in [4.78, 5) is 13.0. The number of carbonyl (C=O) groups is 1. The molecule has 0 heterocycles. The highest BCUT2D eigenvalue weighted by Crippen LogP contribution is 2.32. The molecule has 0 bridgehead atoms. The van der Waals surface area contributed by atoms with Gasteiger partial charge in [0.2, 0.25) is 6.10 Å². The Kier molecular flexibility index (Phi) is 7.79. The van der Waals surface area contributed by atoms with Crippen LogP contribution >= 0.6 is 0 Å². The van der Waals surface area contributed by atoms with Gasteiger partial charge in [-0.3, -0.25) is 4.79 Å². The standard InChI is InChI=1S/C26H22F3NO4/c1-17(2)24(18-11-13-21(14-12-18)34-26(27,28)29)25(31)33-23(16-30)19-7-6-10-22(15-19)32-20-8-4-3-5-9-20/h3-15,17,23-24H,1-2H3. The average Bonchev–Trinajstić information content (AvgIpc) is 2.78. The minimum absolute atomic E-state index is 0.242. The van der Waals surface area contributed by atoms with E-state index in [0.29, 0.717) is 22.6 Å². The molecule has 3 rings (SSSR count). The molecule has 0 saturated carbocycles. The van der Waals surface area contributed by atoms with Crippen LogP contribution in [0, 0.1) is 17.2 Å². The molecule has 34 heavy (non-hydrogen) atoms. The first-order chi connectivity index (χ1) is 16.2. The van der Waals surface area contributed by atoms with Crippen molar-refractivity contribution in [1.29, 1.82) is 5.26 Å². The lowest BCUT2D eigenvalue weighted by Crippen LogP contribution is -2.23. The lowest BCUT2D eigenvalue weighted by atomic mass is 9.88. The van der Waals surface area contributed by atoms with Crippen LogP contribution in [0.1, 0.15) is 37.0 Å². The third kappa shape index (κ3) is 6.75. The van der Waals surface area contributed by atoms with Crippen LogP contribution in [0.5, 0.6) is 17.2 Å². The number of esters is 1. The Hall–Kier alpha value is -3.99. The zero-order chi connectivity index (χ0) is 24.7. The molecule has 0 amide bonds. The molecule has 0 aliphatic rings. The fourth-order valence-electron chi connectivity index (χ4n) is 3.39. The van der Waals surface area contributed by atoms with Crippen molar-refractivity contribution in [1.82, 2.24) is 0 Å². The predicted molar refractivity (Wildman–Crippen MR) is 118 cm³/mol. The van der Waals surface area contributed by atoms with E-state index in [1.54, 1.807) is 50.2 Å². The van der Waals surface area contributed by atoms with Gasteiger partial charge in [-0.2, -0.15) is 5.26 Å². The van der Waals surface area contributed by atoms with Gasteiger partial charge in [0.1, 0.15) is 23.3 Å². The molecule has 0 aromatic heterocycles. The van der Waals surface area contributed by atoms with E-state index in [4.69, 9.17) is 9.47 Å². The SMILES string of the molecule is CC(C)C(C(=O)OC(C#N)c1cccc(Oc2ccccc2)c1)c1ccc(OC(F)(F)F)cc1. The number of rotatable bonds is 8. The number of carbonyl (C=O) groups excluding carboxylic acids is 1. The van der Waals surface area contributed by atoms with Gasteiger partial charge >= 0.3 is 12.3 Å². The molecular formula is C26H22F3NO4. The molecule has 0 fully saturated rings. The number of ether oxygens (including phenoxy) is 3. The number of alkyl halides is 3. The Balaban J connectivity index is 1.76. The van der Waals surface area contributed by atoms with Gasteiger partial charge in [-0.25, -0.2) is 0 Å². The van der Waals surface area contributed by atoms with E-state index in [9.17, 15) is 23.2 Å². The smallest absolute Gasteiger partial charge is 0.457 e. The number of nitrogens with zero attached hydrogens (tertiary/aromatic N) is 1. The first-order valence-corrected chi connectivity index (χ1v) is 10.4. The van der Waals surface area contributed by atoms with E-state index in [1.165, 1.54) is 12.1 Å². The van der Waals surface area contributed by atoms with E-state index in [1.807, 2.05) is 24.3 Å². The highest BCUT2D eigenvalue weighted by atomic mass is 19.4. The van der Waals surface area contributed by atoms with Crippen molar-refractivity contribution >= 4 is 5.97 Å². The van der Waals surface area contributed by atoms with Crippen LogP contribution in [0.25, 0.3) is 0 Å². The molecule has 3 aromatic carbocycles. The highest BCUT2D eigenvalue weighted by molar-refractivity contribution is 5.79. The van der Waals surface area contributed by atoms with Gasteiger partial charge in [0.25, 0.3) is 0 Å². The number of benzene rings is 3. The molecule has 8 heteroatoms. The van der Waals surface area contributed by atoms with Crippen LogP contribution in [0.2, 0.25) is 0 Å². The fourth-order valence-corrected chi connectivity index (χ4v) is 3.39. The molecule has 176 valence electrons. The van der Waals surface area contributed by atoms with Crippen molar-refractivity contribution in [2.75, 3.05) is 0 Å². The van der Waals surface area contributed by atoms with E-state index < -0.39 is 30.1 Å². The summed E-state index contributed by atoms with van der Waals surface area (Å²) in [5, 5.41) is 9.65. The van der Waals surface area contributed by atoms with Crippen LogP contribution < -0.4 is 9.47 Å². The first kappa shape index (κ1) is 24.6. The Morgan fingerprint density at radius 1 is 0.853 bits per heavy atom. The zero-order valence-corrected chi connectivity index (χ0v) is 18.5. The summed E-state index contributed by atoms with van der Waals surface area (Å²) < 4.78 is 52.4. The van der Waals surface area contributed by atoms with Gasteiger partial charge in [-0.05, 0) is 47.9 Å². The van der Waals surface area contributed by atoms with Crippen LogP contribution in [-0.4, -0.2) is 12.3 Å². The van der Waals surface area contributed by atoms with Crippen molar-refractivity contribution in [3.63, 3.8) is 0 Å². The highest BCUT2D eigenvalue weighted by Gasteiger charge is 2.32. The van der Waals surface area contributed by atoms with Gasteiger partial charge < -0.3 is 14.2 Å². The van der Waals surface area contributed by atoms with Crippen molar-refractivity contribution in [2.24, 2.45) is 5.92 Å². The molecule has 0 spiro atoms. The van der Waals surface area contributed by atoms with E-state index >= 15 is 0 Å². The van der Waals surface area contributed by atoms with Crippen molar-refractivity contribution < 1.29 is 32.2 Å². The number of hydrogen-bond donors (Lipinski definition) is 0. The third-order valence-corrected chi connectivity index (χ3v) is 4.88. The number of halogens is 3. The monoisotopic (exact) mass is 469 g/mol. The number of nitriles is 1. The van der Waals surface area contributed by atoms with E-state index in [-0.39, 0.29) is 5.92 Å². The Bertz CT molecular complexity index is 1140. The van der Waals surface area contributed by atoms with Gasteiger partial charge in [0, 0.05) is 5.56 Å². The van der Waals surface area contributed by atoms with E-state index in [2.05, 4.69) is 4.74 Å². The summed E-state index contributed by atoms with van der Waals surface area (Å²) in [5.41, 5.74) is 0.882. The Morgan fingerprint density at radius 2 is 1.50 bits per heavy atom. The zero-order valence-electron chi connectivity index (χ0n) is 18.5. The first-order valence-electron chi connectivity index (χ1n) is 10.4. The normalized spacial score (nSPS) is 13.0. The quantitative estimate of drug-likeness (QED) is 0.335. The minimum Gasteiger partial charge on any atom is -0.457 e. The summed E-state index contributed by atoms with van der Waals surface area (Å²) in [6.07, 6.45) is -6.00. The van der Waals surface area contributed by atoms with Gasteiger partial charge in [-0.15, -0.1) is 13.2 Å². The summed E-state index contributed by atoms with van der Waals surface area (Å²) in [7, 11) is 0. The van der Waals surface area contributed by atoms with Gasteiger partial charge in [0.15, 0.2) is 0 Å². The van der Waals surface area contributed by atoms with Crippen LogP contribution in [0.15, 0.2) is 78.9 Å². The lowest BCUT2D eigenvalue weighted by molar-refractivity contribution is -0.274. The lowest BCUT2D eigenvalue weighted by Gasteiger charge is -2.22. The predicted octanol–water partition coefficient (Wildman–Crippen LogP) is 6.93. The summed E-state index contributed by atoms with van der Waals surface area (Å²) in [5.74, 6) is -1.00. The van der Waals surface area contributed by atoms with Gasteiger partial charge in [0.05, 0.1) is 5.92 Å². The second-order valence-corrected chi connectivity index (χ2v) is 7.77. The molecule has 0 aliphatic heterocycles. The third-order valence-electron chi connectivity index (χ3n) is 4.88. The maximum Gasteiger partial charge on any atom is 0.573 e. The number of hydrogen-bond acceptors (Lipinski definition) is 5. The van der Waals surface area contributed by atoms with Gasteiger partial charge in [-0.1, -0.05) is 56.3 Å². The summed E-state index contributed by atoms with van der Waals surface area (Å²) in [6.45, 7) is 3.56. The summed E-state index contributed by atoms with van der Waals surface area (Å²) in [6, 6.07) is 22.7. The Morgan fingerprint density at radius 3 is 2.09 bits per heavy atom. The molecule has 2 atom stereocenters. The Labute approximate surface area is 195 Å². The van der Waals surface area contributed by atoms with Crippen LogP contribution in [-0.2, 0) is 9.53 Å². The molecule has 3 aromatic rings. The summed E-state index contributed by atoms with van der Waals surface area (Å²) >= 11 is 0. The second kappa shape index (κ2) is 10.8. The van der Waals surface area contributed by atoms with Crippen LogP contribution in [0.3, 0.4) is 0 Å². The maximum atomic E-state index is 13.0. The second-order valence-electron chi connectivity index (χ2n) is 7.77. The molecule has 0 saturated heterocycles. The molecule has 5 nitrogen and oxygen atoms in total. The maximum absolute atomic E-state index is 13.0. The van der Waals surface area contributed by atoms with Crippen molar-refractivity contribution in [3.05, 3.63) is 90.0 Å². The minimum atomic E-state index is -4.81. The molecular weight excluding hydrogens is 447 g/mol. The molecule has 2 unspecified atom stereocenters. The fraction of sp³-hybridized carbons (Fsp3) is 0.231. The molecule has 0 N–H and O–H groups in total. The van der Waals surface area contributed by atoms with E-state index in [0.717, 1.165) is 12.1 Å². The average molecular weight is 469 g/mol. The van der Waals surface area contributed by atoms with Crippen molar-refractivity contribution in [3.8, 4) is 23.3 Å². The van der Waals surface area contributed by atoms with Crippen molar-refractivity contribution in [2.45, 2.75) is 32.2 Å². The number of para-hydroxylation sites is 1. The topological polar surface area (TPSA) is 68.6 Å². The molecule has 0 radical (unpaired) electrons. The molecule has 0 aliphatic carbocycles. The largest absolute Gasteiger partial charge is 0.573 e. The van der Waals surface area contributed by atoms with Crippen LogP contribution in [0.4, 0.5) is 13.2 Å².